The van der Waals surface area contributed by atoms with Gasteiger partial charge in [-0.05, 0) is 17.7 Å². The van der Waals surface area contributed by atoms with Crippen molar-refractivity contribution in [1.82, 2.24) is 25.9 Å². The maximum absolute atomic E-state index is 13.1. The Hall–Kier alpha value is -3.63. The lowest BCUT2D eigenvalue weighted by molar-refractivity contribution is -0.166. The summed E-state index contributed by atoms with van der Waals surface area (Å²) in [6.45, 7) is 0. The van der Waals surface area contributed by atoms with Crippen LogP contribution in [0, 0.1) is 0 Å². The van der Waals surface area contributed by atoms with Crippen molar-refractivity contribution in [2.75, 3.05) is 0 Å². The molecule has 1 atom stereocenters. The van der Waals surface area contributed by atoms with E-state index in [0.717, 1.165) is 5.56 Å². The predicted molar refractivity (Wildman–Crippen MR) is 89.0 cm³/mol. The number of halogens is 3. The molecule has 0 spiro atoms. The van der Waals surface area contributed by atoms with Crippen molar-refractivity contribution in [3.63, 3.8) is 0 Å². The average molecular weight is 387 g/mol. The molecule has 8 nitrogen and oxygen atoms in total. The van der Waals surface area contributed by atoms with E-state index in [4.69, 9.17) is 0 Å². The molecule has 0 saturated heterocycles. The number of carbonyl (C=O) groups is 1. The first-order chi connectivity index (χ1) is 13.4. The zero-order valence-electron chi connectivity index (χ0n) is 14.1. The minimum atomic E-state index is -4.62. The quantitative estimate of drug-likeness (QED) is 0.702. The number of carbonyl (C=O) groups excluding carboxylic acids is 1. The highest BCUT2D eigenvalue weighted by Crippen LogP contribution is 2.52. The summed E-state index contributed by atoms with van der Waals surface area (Å²) >= 11 is 0. The van der Waals surface area contributed by atoms with Gasteiger partial charge in [0.15, 0.2) is 0 Å². The van der Waals surface area contributed by atoms with Crippen LogP contribution in [0.4, 0.5) is 13.2 Å². The lowest BCUT2D eigenvalue weighted by atomic mass is 10.0. The average Bonchev–Trinajstić information content (AvgIpc) is 3.36. The van der Waals surface area contributed by atoms with Gasteiger partial charge in [-0.1, -0.05) is 47.7 Å². The maximum Gasteiger partial charge on any atom is 0.442 e. The van der Waals surface area contributed by atoms with Crippen molar-refractivity contribution >= 4 is 5.91 Å². The predicted octanol–water partition coefficient (Wildman–Crippen LogP) is 2.90. The molecule has 1 aliphatic rings. The lowest BCUT2D eigenvalue weighted by Gasteiger charge is -2.17. The number of aromatic amines is 1. The fraction of sp³-hybridized carbons (Fsp3) is 0.176. The minimum absolute atomic E-state index is 0.144. The van der Waals surface area contributed by atoms with Crippen LogP contribution in [-0.4, -0.2) is 32.7 Å². The molecule has 11 heteroatoms. The Morgan fingerprint density at radius 2 is 1.71 bits per heavy atom. The number of rotatable bonds is 5. The molecule has 4 rings (SSSR count). The maximum atomic E-state index is 13.1. The van der Waals surface area contributed by atoms with Crippen molar-refractivity contribution in [2.24, 2.45) is 10.2 Å². The second-order valence-corrected chi connectivity index (χ2v) is 6.03. The number of H-pyrrole nitrogens is 1. The molecule has 142 valence electrons. The van der Waals surface area contributed by atoms with Gasteiger partial charge in [0.05, 0.1) is 0 Å². The number of hydrogen-bond donors (Lipinski definition) is 2. The standard InChI is InChI=1S/C17H12F3N7O/c18-17(19,20)16(24-25-16)12-8-6-11(7-9-12)15(28)21-13(14-22-26-27-23-14)10-4-2-1-3-5-10/h1-9,13H,(H,21,28)(H,22,23,26,27). The molecule has 0 bridgehead atoms. The number of benzene rings is 2. The van der Waals surface area contributed by atoms with Crippen LogP contribution in [0.25, 0.3) is 0 Å². The van der Waals surface area contributed by atoms with Crippen LogP contribution in [0.3, 0.4) is 0 Å². The summed E-state index contributed by atoms with van der Waals surface area (Å²) in [4.78, 5) is 12.6. The van der Waals surface area contributed by atoms with Gasteiger partial charge in [-0.15, -0.1) is 20.4 Å². The van der Waals surface area contributed by atoms with Gasteiger partial charge in [-0.3, -0.25) is 4.79 Å². The van der Waals surface area contributed by atoms with Crippen LogP contribution in [0.15, 0.2) is 64.8 Å². The van der Waals surface area contributed by atoms with Crippen LogP contribution < -0.4 is 5.32 Å². The molecular formula is C17H12F3N7O. The zero-order chi connectivity index (χ0) is 19.8. The van der Waals surface area contributed by atoms with E-state index in [2.05, 4.69) is 36.2 Å². The highest BCUT2D eigenvalue weighted by Gasteiger charge is 2.65. The third kappa shape index (κ3) is 3.10. The van der Waals surface area contributed by atoms with Crippen molar-refractivity contribution in [2.45, 2.75) is 17.9 Å². The van der Waals surface area contributed by atoms with Gasteiger partial charge in [0, 0.05) is 11.1 Å². The summed E-state index contributed by atoms with van der Waals surface area (Å²) in [7, 11) is 0. The van der Waals surface area contributed by atoms with Crippen molar-refractivity contribution in [1.29, 1.82) is 0 Å². The van der Waals surface area contributed by atoms with E-state index in [0.29, 0.717) is 0 Å². The number of amides is 1. The Kier molecular flexibility index (Phi) is 4.13. The van der Waals surface area contributed by atoms with Crippen LogP contribution in [0.5, 0.6) is 0 Å². The molecule has 2 N–H and O–H groups in total. The van der Waals surface area contributed by atoms with E-state index >= 15 is 0 Å². The third-order valence-corrected chi connectivity index (χ3v) is 4.27. The highest BCUT2D eigenvalue weighted by molar-refractivity contribution is 5.94. The molecule has 0 saturated carbocycles. The summed E-state index contributed by atoms with van der Waals surface area (Å²) in [5, 5.41) is 22.7. The number of alkyl halides is 3. The van der Waals surface area contributed by atoms with E-state index in [1.807, 2.05) is 6.07 Å². The molecule has 2 heterocycles. The first-order valence-electron chi connectivity index (χ1n) is 8.11. The third-order valence-electron chi connectivity index (χ3n) is 4.27. The normalized spacial score (nSPS) is 15.8. The first-order valence-corrected chi connectivity index (χ1v) is 8.11. The Morgan fingerprint density at radius 1 is 1.04 bits per heavy atom. The molecule has 3 aromatic rings. The number of nitrogens with one attached hydrogen (secondary N) is 2. The molecule has 0 fully saturated rings. The van der Waals surface area contributed by atoms with Gasteiger partial charge in [0.2, 0.25) is 5.82 Å². The first kappa shape index (κ1) is 17.8. The Bertz CT molecular complexity index is 995. The monoisotopic (exact) mass is 387 g/mol. The van der Waals surface area contributed by atoms with Crippen LogP contribution in [0.1, 0.15) is 33.4 Å². The van der Waals surface area contributed by atoms with Crippen molar-refractivity contribution in [3.05, 3.63) is 77.1 Å². The number of aromatic nitrogens is 4. The summed E-state index contributed by atoms with van der Waals surface area (Å²) in [6, 6.07) is 13.3. The molecule has 0 aliphatic carbocycles. The fourth-order valence-corrected chi connectivity index (χ4v) is 2.75. The van der Waals surface area contributed by atoms with Gasteiger partial charge < -0.3 is 5.32 Å². The molecular weight excluding hydrogens is 375 g/mol. The van der Waals surface area contributed by atoms with Gasteiger partial charge in [-0.25, -0.2) is 0 Å². The van der Waals surface area contributed by atoms with Gasteiger partial charge in [0.1, 0.15) is 6.04 Å². The molecule has 1 amide bonds. The van der Waals surface area contributed by atoms with Crippen molar-refractivity contribution in [3.8, 4) is 0 Å². The number of nitrogens with zero attached hydrogens (tertiary/aromatic N) is 5. The van der Waals surface area contributed by atoms with Gasteiger partial charge in [0.25, 0.3) is 5.91 Å². The second kappa shape index (κ2) is 6.51. The second-order valence-electron chi connectivity index (χ2n) is 6.03. The topological polar surface area (TPSA) is 108 Å². The summed E-state index contributed by atoms with van der Waals surface area (Å²) < 4.78 is 39.2. The van der Waals surface area contributed by atoms with E-state index < -0.39 is 23.8 Å². The van der Waals surface area contributed by atoms with E-state index in [-0.39, 0.29) is 17.0 Å². The zero-order valence-corrected chi connectivity index (χ0v) is 14.1. The minimum Gasteiger partial charge on any atom is -0.338 e. The van der Waals surface area contributed by atoms with E-state index in [1.165, 1.54) is 24.3 Å². The van der Waals surface area contributed by atoms with Crippen LogP contribution in [0.2, 0.25) is 0 Å². The SMILES string of the molecule is O=C(NC(c1ccccc1)c1nn[nH]n1)c1ccc(C2(C(F)(F)F)N=N2)cc1. The molecule has 1 unspecified atom stereocenters. The summed E-state index contributed by atoms with van der Waals surface area (Å²) in [6.07, 6.45) is -4.62. The Labute approximate surface area is 155 Å². The lowest BCUT2D eigenvalue weighted by Crippen LogP contribution is -2.31. The Morgan fingerprint density at radius 3 is 2.25 bits per heavy atom. The molecule has 1 aliphatic heterocycles. The van der Waals surface area contributed by atoms with Crippen molar-refractivity contribution < 1.29 is 18.0 Å². The number of hydrogen-bond acceptors (Lipinski definition) is 6. The molecule has 28 heavy (non-hydrogen) atoms. The van der Waals surface area contributed by atoms with Crippen LogP contribution in [-0.2, 0) is 5.66 Å². The van der Waals surface area contributed by atoms with E-state index in [9.17, 15) is 18.0 Å². The molecule has 0 radical (unpaired) electrons. The van der Waals surface area contributed by atoms with E-state index in [1.54, 1.807) is 24.3 Å². The van der Waals surface area contributed by atoms with Crippen LogP contribution >= 0.6 is 0 Å². The summed E-state index contributed by atoms with van der Waals surface area (Å²) in [5.41, 5.74) is -1.76. The summed E-state index contributed by atoms with van der Waals surface area (Å²) in [5.74, 6) is -0.251. The Balaban J connectivity index is 1.56. The fourth-order valence-electron chi connectivity index (χ4n) is 2.75. The molecule has 2 aromatic carbocycles. The largest absolute Gasteiger partial charge is 0.442 e. The molecule has 1 aromatic heterocycles. The number of tetrazole rings is 1. The highest BCUT2D eigenvalue weighted by atomic mass is 19.4. The van der Waals surface area contributed by atoms with Gasteiger partial charge in [-0.2, -0.15) is 18.4 Å². The van der Waals surface area contributed by atoms with Gasteiger partial charge >= 0.3 is 11.8 Å². The smallest absolute Gasteiger partial charge is 0.338 e.